The van der Waals surface area contributed by atoms with Gasteiger partial charge in [0.1, 0.15) is 5.82 Å². The zero-order valence-corrected chi connectivity index (χ0v) is 16.8. The predicted molar refractivity (Wildman–Crippen MR) is 111 cm³/mol. The third-order valence-electron chi connectivity index (χ3n) is 4.75. The predicted octanol–water partition coefficient (Wildman–Crippen LogP) is 4.53. The van der Waals surface area contributed by atoms with Crippen LogP contribution < -0.4 is 14.8 Å². The third-order valence-corrected chi connectivity index (χ3v) is 4.75. The summed E-state index contributed by atoms with van der Waals surface area (Å²) in [6.45, 7) is 4.31. The van der Waals surface area contributed by atoms with Gasteiger partial charge in [-0.3, -0.25) is 0 Å². The molecule has 0 fully saturated rings. The molecule has 2 aromatic carbocycles. The number of para-hydroxylation sites is 2. The van der Waals surface area contributed by atoms with E-state index in [4.69, 9.17) is 19.0 Å². The van der Waals surface area contributed by atoms with Crippen LogP contribution in [0.1, 0.15) is 17.0 Å². The second-order valence-corrected chi connectivity index (χ2v) is 6.67. The van der Waals surface area contributed by atoms with Crippen molar-refractivity contribution < 1.29 is 14.0 Å². The SMILES string of the molecule is COc1cccc(CNc2nc3c(C)cccc3cc2-c2noc(C)n2)c1OC. The second kappa shape index (κ2) is 7.79. The Kier molecular flexibility index (Phi) is 5.03. The molecule has 0 saturated heterocycles. The van der Waals surface area contributed by atoms with Crippen LogP contribution in [0, 0.1) is 13.8 Å². The number of nitrogens with one attached hydrogen (secondary N) is 1. The highest BCUT2D eigenvalue weighted by Crippen LogP contribution is 2.33. The molecule has 0 amide bonds. The average Bonchev–Trinajstić information content (AvgIpc) is 3.17. The second-order valence-electron chi connectivity index (χ2n) is 6.67. The van der Waals surface area contributed by atoms with Gasteiger partial charge in [0.25, 0.3) is 0 Å². The van der Waals surface area contributed by atoms with Crippen molar-refractivity contribution in [1.29, 1.82) is 0 Å². The molecule has 7 heteroatoms. The van der Waals surface area contributed by atoms with Gasteiger partial charge in [0.2, 0.25) is 11.7 Å². The Bertz CT molecular complexity index is 1170. The largest absolute Gasteiger partial charge is 0.493 e. The highest BCUT2D eigenvalue weighted by Gasteiger charge is 2.16. The van der Waals surface area contributed by atoms with Crippen molar-refractivity contribution >= 4 is 16.7 Å². The van der Waals surface area contributed by atoms with Crippen molar-refractivity contribution in [3.05, 3.63) is 59.5 Å². The number of nitrogens with zero attached hydrogens (tertiary/aromatic N) is 3. The number of pyridine rings is 1. The van der Waals surface area contributed by atoms with Crippen molar-refractivity contribution in [2.24, 2.45) is 0 Å². The van der Waals surface area contributed by atoms with E-state index in [0.29, 0.717) is 35.6 Å². The lowest BCUT2D eigenvalue weighted by molar-refractivity contribution is 0.352. The van der Waals surface area contributed by atoms with E-state index < -0.39 is 0 Å². The molecular formula is C22H22N4O3. The van der Waals surface area contributed by atoms with Crippen LogP contribution in [0.4, 0.5) is 5.82 Å². The summed E-state index contributed by atoms with van der Waals surface area (Å²) in [7, 11) is 3.26. The van der Waals surface area contributed by atoms with Crippen LogP contribution in [0.25, 0.3) is 22.3 Å². The quantitative estimate of drug-likeness (QED) is 0.518. The molecule has 1 N–H and O–H groups in total. The van der Waals surface area contributed by atoms with E-state index in [0.717, 1.165) is 27.6 Å². The maximum atomic E-state index is 5.54. The van der Waals surface area contributed by atoms with Crippen molar-refractivity contribution in [2.45, 2.75) is 20.4 Å². The van der Waals surface area contributed by atoms with E-state index in [1.807, 2.05) is 49.4 Å². The third kappa shape index (κ3) is 3.59. The van der Waals surface area contributed by atoms with E-state index in [1.54, 1.807) is 21.1 Å². The highest BCUT2D eigenvalue weighted by atomic mass is 16.5. The minimum absolute atomic E-state index is 0.495. The number of benzene rings is 2. The van der Waals surface area contributed by atoms with Crippen molar-refractivity contribution in [3.63, 3.8) is 0 Å². The summed E-state index contributed by atoms with van der Waals surface area (Å²) in [5.74, 6) is 3.06. The Morgan fingerprint density at radius 2 is 1.83 bits per heavy atom. The van der Waals surface area contributed by atoms with Crippen molar-refractivity contribution in [3.8, 4) is 22.9 Å². The molecule has 0 aliphatic carbocycles. The minimum atomic E-state index is 0.495. The molecule has 0 atom stereocenters. The molecule has 148 valence electrons. The summed E-state index contributed by atoms with van der Waals surface area (Å²) in [5, 5.41) is 8.52. The summed E-state index contributed by atoms with van der Waals surface area (Å²) in [6, 6.07) is 13.9. The van der Waals surface area contributed by atoms with Gasteiger partial charge in [-0.25, -0.2) is 4.98 Å². The number of anilines is 1. The first-order chi connectivity index (χ1) is 14.1. The smallest absolute Gasteiger partial charge is 0.223 e. The number of ether oxygens (including phenoxy) is 2. The molecule has 7 nitrogen and oxygen atoms in total. The summed E-state index contributed by atoms with van der Waals surface area (Å²) in [6.07, 6.45) is 0. The summed E-state index contributed by atoms with van der Waals surface area (Å²) in [5.41, 5.74) is 3.76. The van der Waals surface area contributed by atoms with Gasteiger partial charge < -0.3 is 19.3 Å². The molecule has 4 aromatic rings. The minimum Gasteiger partial charge on any atom is -0.493 e. The topological polar surface area (TPSA) is 82.3 Å². The van der Waals surface area contributed by atoms with Gasteiger partial charge in [-0.15, -0.1) is 0 Å². The van der Waals surface area contributed by atoms with E-state index in [9.17, 15) is 0 Å². The zero-order chi connectivity index (χ0) is 20.4. The molecule has 0 bridgehead atoms. The van der Waals surface area contributed by atoms with Gasteiger partial charge in [0.05, 0.1) is 25.3 Å². The number of aromatic nitrogens is 3. The van der Waals surface area contributed by atoms with Crippen LogP contribution in [0.3, 0.4) is 0 Å². The molecule has 0 aliphatic heterocycles. The van der Waals surface area contributed by atoms with Crippen LogP contribution in [0.15, 0.2) is 47.0 Å². The van der Waals surface area contributed by atoms with Crippen LogP contribution in [0.5, 0.6) is 11.5 Å². The Labute approximate surface area is 168 Å². The Morgan fingerprint density at radius 1 is 1.00 bits per heavy atom. The van der Waals surface area contributed by atoms with Gasteiger partial charge in [-0.05, 0) is 24.6 Å². The van der Waals surface area contributed by atoms with Gasteiger partial charge in [0, 0.05) is 24.4 Å². The Morgan fingerprint density at radius 3 is 2.55 bits per heavy atom. The van der Waals surface area contributed by atoms with Crippen LogP contribution >= 0.6 is 0 Å². The summed E-state index contributed by atoms with van der Waals surface area (Å²) >= 11 is 0. The van der Waals surface area contributed by atoms with Crippen LogP contribution in [-0.2, 0) is 6.54 Å². The van der Waals surface area contributed by atoms with Gasteiger partial charge in [-0.1, -0.05) is 35.5 Å². The lowest BCUT2D eigenvalue weighted by atomic mass is 10.1. The molecule has 0 radical (unpaired) electrons. The number of methoxy groups -OCH3 is 2. The fourth-order valence-electron chi connectivity index (χ4n) is 3.33. The number of hydrogen-bond acceptors (Lipinski definition) is 7. The maximum absolute atomic E-state index is 5.54. The Hall–Kier alpha value is -3.61. The first kappa shape index (κ1) is 18.7. The van der Waals surface area contributed by atoms with E-state index >= 15 is 0 Å². The van der Waals surface area contributed by atoms with Gasteiger partial charge >= 0.3 is 0 Å². The monoisotopic (exact) mass is 390 g/mol. The molecule has 0 aliphatic rings. The van der Waals surface area contributed by atoms with Crippen molar-refractivity contribution in [1.82, 2.24) is 15.1 Å². The zero-order valence-electron chi connectivity index (χ0n) is 16.8. The molecule has 29 heavy (non-hydrogen) atoms. The molecule has 0 spiro atoms. The van der Waals surface area contributed by atoms with E-state index in [-0.39, 0.29) is 0 Å². The van der Waals surface area contributed by atoms with Crippen LogP contribution in [-0.4, -0.2) is 29.3 Å². The standard InChI is InChI=1S/C22H22N4O3/c1-13-7-5-8-15-11-17(22-24-14(2)29-26-22)21(25-19(13)15)23-12-16-9-6-10-18(27-3)20(16)28-4/h5-11H,12H2,1-4H3,(H,23,25). The first-order valence-electron chi connectivity index (χ1n) is 9.25. The lowest BCUT2D eigenvalue weighted by Gasteiger charge is -2.15. The molecular weight excluding hydrogens is 368 g/mol. The molecule has 4 rings (SSSR count). The molecule has 0 unspecified atom stereocenters. The molecule has 2 heterocycles. The van der Waals surface area contributed by atoms with Crippen molar-refractivity contribution in [2.75, 3.05) is 19.5 Å². The van der Waals surface area contributed by atoms with Gasteiger partial charge in [0.15, 0.2) is 11.5 Å². The number of rotatable bonds is 6. The first-order valence-corrected chi connectivity index (χ1v) is 9.25. The fourth-order valence-corrected chi connectivity index (χ4v) is 3.33. The Balaban J connectivity index is 1.77. The maximum Gasteiger partial charge on any atom is 0.223 e. The fraction of sp³-hybridized carbons (Fsp3) is 0.227. The average molecular weight is 390 g/mol. The van der Waals surface area contributed by atoms with E-state index in [2.05, 4.69) is 15.5 Å². The number of fused-ring (bicyclic) bond motifs is 1. The molecule has 0 saturated carbocycles. The van der Waals surface area contributed by atoms with Gasteiger partial charge in [-0.2, -0.15) is 4.98 Å². The highest BCUT2D eigenvalue weighted by molar-refractivity contribution is 5.89. The number of hydrogen-bond donors (Lipinski definition) is 1. The van der Waals surface area contributed by atoms with Crippen LogP contribution in [0.2, 0.25) is 0 Å². The lowest BCUT2D eigenvalue weighted by Crippen LogP contribution is -2.06. The molecule has 2 aromatic heterocycles. The summed E-state index contributed by atoms with van der Waals surface area (Å²) < 4.78 is 16.1. The number of aryl methyl sites for hydroxylation is 2. The normalized spacial score (nSPS) is 10.9. The summed E-state index contributed by atoms with van der Waals surface area (Å²) in [4.78, 5) is 9.25. The van der Waals surface area contributed by atoms with E-state index in [1.165, 1.54) is 0 Å².